The number of hydrogen-bond acceptors (Lipinski definition) is 3. The fourth-order valence-electron chi connectivity index (χ4n) is 1.93. The van der Waals surface area contributed by atoms with Crippen molar-refractivity contribution in [1.29, 1.82) is 0 Å². The fourth-order valence-corrected chi connectivity index (χ4v) is 2.78. The van der Waals surface area contributed by atoms with Crippen LogP contribution in [0.25, 0.3) is 21.8 Å². The molecule has 0 spiro atoms. The van der Waals surface area contributed by atoms with Gasteiger partial charge in [0.05, 0.1) is 0 Å². The van der Waals surface area contributed by atoms with Gasteiger partial charge >= 0.3 is 0 Å². The molecule has 0 unspecified atom stereocenters. The van der Waals surface area contributed by atoms with Crippen molar-refractivity contribution < 1.29 is 13.2 Å². The third kappa shape index (κ3) is 2.50. The molecule has 1 aromatic heterocycles. The van der Waals surface area contributed by atoms with Gasteiger partial charge in [0, 0.05) is 17.2 Å². The molecule has 0 aliphatic heterocycles. The SMILES string of the molecule is Nc1sc(-c2ccccc2)nc1-c1cc(F)c(F)cc1F. The van der Waals surface area contributed by atoms with Gasteiger partial charge in [0.25, 0.3) is 0 Å². The van der Waals surface area contributed by atoms with E-state index in [4.69, 9.17) is 5.73 Å². The number of nitrogen functional groups attached to an aromatic ring is 1. The van der Waals surface area contributed by atoms with Crippen molar-refractivity contribution >= 4 is 16.3 Å². The largest absolute Gasteiger partial charge is 0.389 e. The van der Waals surface area contributed by atoms with Crippen molar-refractivity contribution in [2.24, 2.45) is 0 Å². The molecule has 0 saturated carbocycles. The number of benzene rings is 2. The molecule has 0 atom stereocenters. The minimum Gasteiger partial charge on any atom is -0.389 e. The lowest BCUT2D eigenvalue weighted by molar-refractivity contribution is 0.496. The molecule has 1 heterocycles. The number of nitrogens with zero attached hydrogens (tertiary/aromatic N) is 1. The second kappa shape index (κ2) is 5.21. The summed E-state index contributed by atoms with van der Waals surface area (Å²) >= 11 is 1.16. The molecule has 0 radical (unpaired) electrons. The molecule has 0 aliphatic rings. The van der Waals surface area contributed by atoms with Crippen LogP contribution in [-0.4, -0.2) is 4.98 Å². The van der Waals surface area contributed by atoms with Crippen molar-refractivity contribution in [2.45, 2.75) is 0 Å². The predicted molar refractivity (Wildman–Crippen MR) is 77.3 cm³/mol. The van der Waals surface area contributed by atoms with Crippen LogP contribution >= 0.6 is 11.3 Å². The number of nitrogens with two attached hydrogens (primary N) is 1. The third-order valence-electron chi connectivity index (χ3n) is 2.94. The highest BCUT2D eigenvalue weighted by atomic mass is 32.1. The van der Waals surface area contributed by atoms with Gasteiger partial charge in [0.1, 0.15) is 21.5 Å². The molecule has 106 valence electrons. The van der Waals surface area contributed by atoms with Crippen LogP contribution in [0.4, 0.5) is 18.2 Å². The Morgan fingerprint density at radius 1 is 0.905 bits per heavy atom. The van der Waals surface area contributed by atoms with Gasteiger partial charge in [-0.15, -0.1) is 0 Å². The van der Waals surface area contributed by atoms with Crippen LogP contribution in [0.3, 0.4) is 0 Å². The smallest absolute Gasteiger partial charge is 0.161 e. The number of halogens is 3. The topological polar surface area (TPSA) is 38.9 Å². The highest BCUT2D eigenvalue weighted by molar-refractivity contribution is 7.19. The molecule has 0 bridgehead atoms. The van der Waals surface area contributed by atoms with E-state index in [9.17, 15) is 13.2 Å². The molecule has 0 aliphatic carbocycles. The molecule has 2 nitrogen and oxygen atoms in total. The van der Waals surface area contributed by atoms with Gasteiger partial charge in [-0.25, -0.2) is 18.2 Å². The minimum absolute atomic E-state index is 0.121. The molecule has 21 heavy (non-hydrogen) atoms. The van der Waals surface area contributed by atoms with Gasteiger partial charge in [-0.1, -0.05) is 41.7 Å². The molecule has 6 heteroatoms. The first kappa shape index (κ1) is 13.6. The number of anilines is 1. The lowest BCUT2D eigenvalue weighted by Gasteiger charge is -2.02. The second-order valence-corrected chi connectivity index (χ2v) is 5.37. The third-order valence-corrected chi connectivity index (χ3v) is 3.87. The van der Waals surface area contributed by atoms with Gasteiger partial charge in [-0.2, -0.15) is 0 Å². The Balaban J connectivity index is 2.13. The predicted octanol–water partition coefficient (Wildman–Crippen LogP) is 4.48. The molecule has 3 rings (SSSR count). The lowest BCUT2D eigenvalue weighted by Crippen LogP contribution is -1.94. The highest BCUT2D eigenvalue weighted by Gasteiger charge is 2.18. The van der Waals surface area contributed by atoms with E-state index < -0.39 is 17.5 Å². The van der Waals surface area contributed by atoms with Crippen molar-refractivity contribution in [3.05, 3.63) is 59.9 Å². The van der Waals surface area contributed by atoms with Crippen LogP contribution in [0.15, 0.2) is 42.5 Å². The summed E-state index contributed by atoms with van der Waals surface area (Å²) in [6.45, 7) is 0. The molecule has 2 N–H and O–H groups in total. The van der Waals surface area contributed by atoms with Gasteiger partial charge < -0.3 is 5.73 Å². The molecule has 0 fully saturated rings. The van der Waals surface area contributed by atoms with Gasteiger partial charge in [0.2, 0.25) is 0 Å². The second-order valence-electron chi connectivity index (χ2n) is 4.34. The number of hydrogen-bond donors (Lipinski definition) is 1. The first-order valence-electron chi connectivity index (χ1n) is 6.03. The standard InChI is InChI=1S/C15H9F3N2S/c16-10-7-12(18)11(17)6-9(10)13-14(19)21-15(20-13)8-4-2-1-3-5-8/h1-7H,19H2. The Morgan fingerprint density at radius 3 is 2.29 bits per heavy atom. The molecular formula is C15H9F3N2S. The summed E-state index contributed by atoms with van der Waals surface area (Å²) in [6.07, 6.45) is 0. The normalized spacial score (nSPS) is 10.8. The van der Waals surface area contributed by atoms with E-state index in [0.717, 1.165) is 23.0 Å². The highest BCUT2D eigenvalue weighted by Crippen LogP contribution is 2.37. The zero-order chi connectivity index (χ0) is 15.0. The maximum atomic E-state index is 13.8. The number of thiazole rings is 1. The van der Waals surface area contributed by atoms with E-state index in [-0.39, 0.29) is 16.3 Å². The Hall–Kier alpha value is -2.34. The van der Waals surface area contributed by atoms with Crippen molar-refractivity contribution in [3.8, 4) is 21.8 Å². The summed E-state index contributed by atoms with van der Waals surface area (Å²) in [6, 6.07) is 10.5. The Morgan fingerprint density at radius 2 is 1.57 bits per heavy atom. The average Bonchev–Trinajstić information content (AvgIpc) is 2.86. The summed E-state index contributed by atoms with van der Waals surface area (Å²) in [7, 11) is 0. The summed E-state index contributed by atoms with van der Waals surface area (Å²) in [5.41, 5.74) is 6.64. The van der Waals surface area contributed by atoms with Gasteiger partial charge in [-0.3, -0.25) is 0 Å². The van der Waals surface area contributed by atoms with Crippen LogP contribution in [-0.2, 0) is 0 Å². The Kier molecular flexibility index (Phi) is 3.39. The Labute approximate surface area is 122 Å². The summed E-state index contributed by atoms with van der Waals surface area (Å²) in [5, 5.41) is 0.839. The number of rotatable bonds is 2. The first-order valence-corrected chi connectivity index (χ1v) is 6.84. The first-order chi connectivity index (χ1) is 10.1. The van der Waals surface area contributed by atoms with E-state index in [1.807, 2.05) is 30.3 Å². The molecule has 0 saturated heterocycles. The average molecular weight is 306 g/mol. The zero-order valence-electron chi connectivity index (χ0n) is 10.6. The van der Waals surface area contributed by atoms with E-state index in [1.54, 1.807) is 0 Å². The molecule has 3 aromatic rings. The maximum Gasteiger partial charge on any atom is 0.161 e. The van der Waals surface area contributed by atoms with E-state index >= 15 is 0 Å². The summed E-state index contributed by atoms with van der Waals surface area (Å²) in [4.78, 5) is 4.25. The summed E-state index contributed by atoms with van der Waals surface area (Å²) < 4.78 is 40.1. The molecular weight excluding hydrogens is 297 g/mol. The van der Waals surface area contributed by atoms with Gasteiger partial charge in [0.15, 0.2) is 11.6 Å². The van der Waals surface area contributed by atoms with E-state index in [0.29, 0.717) is 11.1 Å². The van der Waals surface area contributed by atoms with Crippen LogP contribution in [0.5, 0.6) is 0 Å². The van der Waals surface area contributed by atoms with Crippen LogP contribution in [0.2, 0.25) is 0 Å². The maximum absolute atomic E-state index is 13.8. The fraction of sp³-hybridized carbons (Fsp3) is 0. The molecule has 2 aromatic carbocycles. The molecule has 0 amide bonds. The van der Waals surface area contributed by atoms with Crippen LogP contribution in [0, 0.1) is 17.5 Å². The van der Waals surface area contributed by atoms with Crippen molar-refractivity contribution in [2.75, 3.05) is 5.73 Å². The summed E-state index contributed by atoms with van der Waals surface area (Å²) in [5.74, 6) is -3.28. The quantitative estimate of drug-likeness (QED) is 0.709. The number of aromatic nitrogens is 1. The minimum atomic E-state index is -1.24. The van der Waals surface area contributed by atoms with E-state index in [1.165, 1.54) is 0 Å². The lowest BCUT2D eigenvalue weighted by atomic mass is 10.1. The van der Waals surface area contributed by atoms with Crippen molar-refractivity contribution in [3.63, 3.8) is 0 Å². The van der Waals surface area contributed by atoms with Crippen LogP contribution < -0.4 is 5.73 Å². The van der Waals surface area contributed by atoms with E-state index in [2.05, 4.69) is 4.98 Å². The zero-order valence-corrected chi connectivity index (χ0v) is 11.4. The monoisotopic (exact) mass is 306 g/mol. The Bertz CT molecular complexity index is 800. The van der Waals surface area contributed by atoms with Gasteiger partial charge in [-0.05, 0) is 6.07 Å². The van der Waals surface area contributed by atoms with Crippen molar-refractivity contribution in [1.82, 2.24) is 4.98 Å². The van der Waals surface area contributed by atoms with Crippen LogP contribution in [0.1, 0.15) is 0 Å².